The molecule has 3 aromatic rings. The van der Waals surface area contributed by atoms with Gasteiger partial charge in [-0.2, -0.15) is 0 Å². The molecular formula is C22H19NO2. The zero-order valence-corrected chi connectivity index (χ0v) is 13.8. The number of rotatable bonds is 4. The molecule has 3 nitrogen and oxygen atoms in total. The normalized spacial score (nSPS) is 19.1. The Hall–Kier alpha value is -2.91. The Morgan fingerprint density at radius 3 is 2.08 bits per heavy atom. The number of hydrogen-bond acceptors (Lipinski definition) is 2. The molecule has 124 valence electrons. The first-order chi connectivity index (χ1) is 12.3. The van der Waals surface area contributed by atoms with E-state index >= 15 is 0 Å². The van der Waals surface area contributed by atoms with Gasteiger partial charge in [0.25, 0.3) is 0 Å². The Kier molecular flexibility index (Phi) is 3.86. The molecule has 1 amide bonds. The van der Waals surface area contributed by atoms with Crippen LogP contribution in [-0.4, -0.2) is 17.6 Å². The predicted octanol–water partition coefficient (Wildman–Crippen LogP) is 3.84. The largest absolute Gasteiger partial charge is 0.395 e. The molecule has 0 fully saturated rings. The lowest BCUT2D eigenvalue weighted by Gasteiger charge is -2.27. The zero-order chi connectivity index (χ0) is 17.3. The van der Waals surface area contributed by atoms with Crippen LogP contribution in [0.5, 0.6) is 0 Å². The van der Waals surface area contributed by atoms with Crippen molar-refractivity contribution in [2.45, 2.75) is 11.8 Å². The lowest BCUT2D eigenvalue weighted by Crippen LogP contribution is -2.43. The Labute approximate surface area is 147 Å². The van der Waals surface area contributed by atoms with Gasteiger partial charge in [-0.15, -0.1) is 0 Å². The lowest BCUT2D eigenvalue weighted by molar-refractivity contribution is -0.123. The number of fused-ring (bicyclic) bond motifs is 1. The fourth-order valence-electron chi connectivity index (χ4n) is 3.67. The van der Waals surface area contributed by atoms with Gasteiger partial charge in [0.1, 0.15) is 5.41 Å². The van der Waals surface area contributed by atoms with Crippen molar-refractivity contribution in [3.05, 3.63) is 96.1 Å². The van der Waals surface area contributed by atoms with E-state index in [2.05, 4.69) is 0 Å². The number of hydrogen-bond donors (Lipinski definition) is 1. The van der Waals surface area contributed by atoms with Crippen LogP contribution < -0.4 is 4.90 Å². The molecule has 3 heteroatoms. The van der Waals surface area contributed by atoms with E-state index < -0.39 is 5.41 Å². The maximum absolute atomic E-state index is 13.5. The number of benzene rings is 3. The highest BCUT2D eigenvalue weighted by Gasteiger charge is 2.50. The van der Waals surface area contributed by atoms with Crippen LogP contribution in [0.3, 0.4) is 0 Å². The maximum atomic E-state index is 13.5. The van der Waals surface area contributed by atoms with Gasteiger partial charge in [-0.25, -0.2) is 0 Å². The van der Waals surface area contributed by atoms with E-state index in [0.29, 0.717) is 6.42 Å². The Morgan fingerprint density at radius 2 is 1.40 bits per heavy atom. The molecule has 1 aliphatic rings. The monoisotopic (exact) mass is 329 g/mol. The number of para-hydroxylation sites is 2. The van der Waals surface area contributed by atoms with Gasteiger partial charge in [0.15, 0.2) is 0 Å². The van der Waals surface area contributed by atoms with Gasteiger partial charge in [0.05, 0.1) is 12.3 Å². The van der Waals surface area contributed by atoms with E-state index in [1.165, 1.54) is 0 Å². The van der Waals surface area contributed by atoms with Gasteiger partial charge in [-0.05, 0) is 35.7 Å². The van der Waals surface area contributed by atoms with Crippen molar-refractivity contribution in [2.24, 2.45) is 0 Å². The van der Waals surface area contributed by atoms with E-state index in [1.807, 2.05) is 84.9 Å². The second-order valence-corrected chi connectivity index (χ2v) is 6.40. The van der Waals surface area contributed by atoms with Crippen LogP contribution in [0.4, 0.5) is 11.4 Å². The van der Waals surface area contributed by atoms with Crippen molar-refractivity contribution in [3.63, 3.8) is 0 Å². The maximum Gasteiger partial charge on any atom is 0.244 e. The van der Waals surface area contributed by atoms with E-state index in [-0.39, 0.29) is 12.5 Å². The highest BCUT2D eigenvalue weighted by Crippen LogP contribution is 2.46. The molecule has 25 heavy (non-hydrogen) atoms. The first-order valence-electron chi connectivity index (χ1n) is 8.40. The minimum Gasteiger partial charge on any atom is -0.395 e. The van der Waals surface area contributed by atoms with E-state index in [9.17, 15) is 9.90 Å². The zero-order valence-electron chi connectivity index (χ0n) is 13.8. The van der Waals surface area contributed by atoms with Crippen LogP contribution in [0, 0.1) is 0 Å². The molecule has 0 bridgehead atoms. The van der Waals surface area contributed by atoms with Crippen LogP contribution >= 0.6 is 0 Å². The minimum atomic E-state index is -0.951. The third-order valence-corrected chi connectivity index (χ3v) is 4.91. The number of carbonyl (C=O) groups is 1. The van der Waals surface area contributed by atoms with Crippen LogP contribution in [-0.2, 0) is 16.6 Å². The van der Waals surface area contributed by atoms with E-state index in [0.717, 1.165) is 22.5 Å². The summed E-state index contributed by atoms with van der Waals surface area (Å²) in [4.78, 5) is 15.2. The smallest absolute Gasteiger partial charge is 0.244 e. The molecule has 1 heterocycles. The fraction of sp³-hybridized carbons (Fsp3) is 0.136. The molecule has 1 unspecified atom stereocenters. The molecular weight excluding hydrogens is 310 g/mol. The van der Waals surface area contributed by atoms with Gasteiger partial charge in [-0.1, -0.05) is 66.7 Å². The van der Waals surface area contributed by atoms with Crippen molar-refractivity contribution in [1.29, 1.82) is 0 Å². The second-order valence-electron chi connectivity index (χ2n) is 6.40. The minimum absolute atomic E-state index is 0.0775. The average Bonchev–Trinajstić information content (AvgIpc) is 2.92. The molecule has 3 aromatic carbocycles. The van der Waals surface area contributed by atoms with Crippen LogP contribution in [0.15, 0.2) is 84.9 Å². The molecule has 1 N–H and O–H groups in total. The average molecular weight is 329 g/mol. The molecule has 1 atom stereocenters. The highest BCUT2D eigenvalue weighted by molar-refractivity contribution is 6.13. The Bertz CT molecular complexity index is 892. The van der Waals surface area contributed by atoms with Gasteiger partial charge in [0, 0.05) is 5.69 Å². The molecule has 1 aliphatic heterocycles. The number of aliphatic hydroxyl groups is 1. The molecule has 0 radical (unpaired) electrons. The quantitative estimate of drug-likeness (QED) is 0.790. The summed E-state index contributed by atoms with van der Waals surface area (Å²) in [5.41, 5.74) is 2.64. The molecule has 0 saturated carbocycles. The third-order valence-electron chi connectivity index (χ3n) is 4.91. The third kappa shape index (κ3) is 2.44. The summed E-state index contributed by atoms with van der Waals surface area (Å²) in [6.07, 6.45) is 0.476. The van der Waals surface area contributed by atoms with Crippen molar-refractivity contribution in [3.8, 4) is 0 Å². The topological polar surface area (TPSA) is 40.5 Å². The summed E-state index contributed by atoms with van der Waals surface area (Å²) in [6.45, 7) is -0.221. The predicted molar refractivity (Wildman–Crippen MR) is 98.9 cm³/mol. The number of carbonyl (C=O) groups excluding carboxylic acids is 1. The van der Waals surface area contributed by atoms with Gasteiger partial charge >= 0.3 is 0 Å². The summed E-state index contributed by atoms with van der Waals surface area (Å²) in [5, 5.41) is 10.3. The summed E-state index contributed by atoms with van der Waals surface area (Å²) < 4.78 is 0. The molecule has 0 saturated heterocycles. The fourth-order valence-corrected chi connectivity index (χ4v) is 3.67. The Morgan fingerprint density at radius 1 is 0.800 bits per heavy atom. The first-order valence-corrected chi connectivity index (χ1v) is 8.40. The standard InChI is InChI=1S/C22H19NO2/c24-16-22(15-17-9-3-1-4-10-17)19-13-7-8-14-20(19)23(21(22)25)18-11-5-2-6-12-18/h1-14,24H,15-16H2. The summed E-state index contributed by atoms with van der Waals surface area (Å²) in [5.74, 6) is -0.0775. The number of nitrogens with zero attached hydrogens (tertiary/aromatic N) is 1. The molecule has 4 rings (SSSR count). The van der Waals surface area contributed by atoms with Gasteiger partial charge in [-0.3, -0.25) is 9.69 Å². The summed E-state index contributed by atoms with van der Waals surface area (Å²) in [7, 11) is 0. The second kappa shape index (κ2) is 6.19. The first kappa shape index (κ1) is 15.6. The lowest BCUT2D eigenvalue weighted by atomic mass is 9.77. The van der Waals surface area contributed by atoms with Crippen molar-refractivity contribution in [1.82, 2.24) is 0 Å². The van der Waals surface area contributed by atoms with E-state index in [4.69, 9.17) is 0 Å². The van der Waals surface area contributed by atoms with Gasteiger partial charge in [0.2, 0.25) is 5.91 Å². The van der Waals surface area contributed by atoms with Crippen molar-refractivity contribution >= 4 is 17.3 Å². The Balaban J connectivity index is 1.87. The number of aliphatic hydroxyl groups excluding tert-OH is 1. The summed E-state index contributed by atoms with van der Waals surface area (Å²) >= 11 is 0. The van der Waals surface area contributed by atoms with Gasteiger partial charge < -0.3 is 5.11 Å². The number of anilines is 2. The molecule has 0 spiro atoms. The van der Waals surface area contributed by atoms with E-state index in [1.54, 1.807) is 4.90 Å². The molecule has 0 aromatic heterocycles. The van der Waals surface area contributed by atoms with Crippen molar-refractivity contribution in [2.75, 3.05) is 11.5 Å². The van der Waals surface area contributed by atoms with Crippen LogP contribution in [0.25, 0.3) is 0 Å². The highest BCUT2D eigenvalue weighted by atomic mass is 16.3. The summed E-state index contributed by atoms with van der Waals surface area (Å²) in [6, 6.07) is 27.2. The number of amides is 1. The molecule has 0 aliphatic carbocycles. The van der Waals surface area contributed by atoms with Crippen LogP contribution in [0.1, 0.15) is 11.1 Å². The SMILES string of the molecule is O=C1N(c2ccccc2)c2ccccc2C1(CO)Cc1ccccc1. The van der Waals surface area contributed by atoms with Crippen molar-refractivity contribution < 1.29 is 9.90 Å². The van der Waals surface area contributed by atoms with Crippen LogP contribution in [0.2, 0.25) is 0 Å².